The second kappa shape index (κ2) is 2.44. The van der Waals surface area contributed by atoms with Crippen LogP contribution in [0.3, 0.4) is 0 Å². The molecular weight excluding hydrogens is 130 g/mol. The average Bonchev–Trinajstić information content (AvgIpc) is 1.80. The number of rotatable bonds is 0. The Kier molecular flexibility index (Phi) is 1.82. The summed E-state index contributed by atoms with van der Waals surface area (Å²) in [5.41, 5.74) is 2.54. The van der Waals surface area contributed by atoms with Crippen molar-refractivity contribution in [3.63, 3.8) is 0 Å². The summed E-state index contributed by atoms with van der Waals surface area (Å²) in [5, 5.41) is 0.818. The fourth-order valence-corrected chi connectivity index (χ4v) is 0.931. The molecule has 0 unspecified atom stereocenters. The van der Waals surface area contributed by atoms with Gasteiger partial charge in [-0.25, -0.2) is 0 Å². The lowest BCUT2D eigenvalue weighted by Crippen LogP contribution is -2.04. The zero-order valence-corrected chi connectivity index (χ0v) is 6.37. The van der Waals surface area contributed by atoms with E-state index < -0.39 is 0 Å². The van der Waals surface area contributed by atoms with Crippen molar-refractivity contribution in [3.05, 3.63) is 28.8 Å². The molecule has 46 valence electrons. The average molecular weight is 138 g/mol. The van der Waals surface area contributed by atoms with E-state index in [1.807, 2.05) is 18.2 Å². The quantitative estimate of drug-likeness (QED) is 0.468. The third kappa shape index (κ3) is 1.49. The molecule has 0 aromatic heterocycles. The number of aryl methyl sites for hydroxylation is 1. The molecule has 0 spiro atoms. The van der Waals surface area contributed by atoms with E-state index in [1.54, 1.807) is 0 Å². The second-order valence-corrected chi connectivity index (χ2v) is 2.67. The number of hydrogen-bond donors (Lipinski definition) is 0. The Labute approximate surface area is 61.3 Å². The molecule has 2 heteroatoms. The van der Waals surface area contributed by atoms with Gasteiger partial charge in [0.25, 0.3) is 0 Å². The minimum atomic E-state index is 0.818. The molecule has 1 aromatic rings. The maximum Gasteiger partial charge on any atom is 0.139 e. The zero-order valence-electron chi connectivity index (χ0n) is 5.61. The first-order valence-electron chi connectivity index (χ1n) is 2.93. The molecule has 0 saturated carbocycles. The van der Waals surface area contributed by atoms with Crippen LogP contribution in [0.25, 0.3) is 0 Å². The fraction of sp³-hybridized carbons (Fsp3) is 0.143. The first-order valence-corrected chi connectivity index (χ1v) is 3.30. The first-order chi connectivity index (χ1) is 4.20. The predicted octanol–water partition coefficient (Wildman–Crippen LogP) is 0.907. The monoisotopic (exact) mass is 138 g/mol. The van der Waals surface area contributed by atoms with Crippen LogP contribution in [0.15, 0.2) is 18.2 Å². The molecule has 1 aromatic carbocycles. The zero-order chi connectivity index (χ0) is 6.85. The summed E-state index contributed by atoms with van der Waals surface area (Å²) in [6.45, 7) is 2.06. The lowest BCUT2D eigenvalue weighted by molar-refractivity contribution is 1.52. The fourth-order valence-electron chi connectivity index (χ4n) is 0.705. The summed E-state index contributed by atoms with van der Waals surface area (Å²) < 4.78 is 0. The Bertz CT molecular complexity index is 220. The van der Waals surface area contributed by atoms with Gasteiger partial charge in [-0.3, -0.25) is 0 Å². The highest BCUT2D eigenvalue weighted by Gasteiger charge is 1.90. The van der Waals surface area contributed by atoms with Crippen LogP contribution in [-0.2, 0) is 0 Å². The molecular formula is C7H8BCl. The molecule has 0 N–H and O–H groups in total. The Morgan fingerprint density at radius 3 is 2.56 bits per heavy atom. The van der Waals surface area contributed by atoms with Crippen LogP contribution >= 0.6 is 11.6 Å². The lowest BCUT2D eigenvalue weighted by atomic mass is 9.92. The number of benzene rings is 1. The van der Waals surface area contributed by atoms with Crippen molar-refractivity contribution in [1.82, 2.24) is 0 Å². The van der Waals surface area contributed by atoms with E-state index in [1.165, 1.54) is 11.0 Å². The van der Waals surface area contributed by atoms with Gasteiger partial charge >= 0.3 is 0 Å². The van der Waals surface area contributed by atoms with Crippen molar-refractivity contribution in [3.8, 4) is 0 Å². The van der Waals surface area contributed by atoms with E-state index in [2.05, 4.69) is 14.8 Å². The summed E-state index contributed by atoms with van der Waals surface area (Å²) in [5.74, 6) is 0. The molecule has 0 amide bonds. The van der Waals surface area contributed by atoms with Gasteiger partial charge < -0.3 is 0 Å². The Hall–Kier alpha value is -0.425. The van der Waals surface area contributed by atoms with Gasteiger partial charge in [0.15, 0.2) is 0 Å². The smallest absolute Gasteiger partial charge is 0.0860 e. The van der Waals surface area contributed by atoms with Gasteiger partial charge in [-0.15, -0.1) is 0 Å². The maximum atomic E-state index is 5.72. The minimum Gasteiger partial charge on any atom is -0.0860 e. The third-order valence-corrected chi connectivity index (χ3v) is 1.70. The van der Waals surface area contributed by atoms with Crippen molar-refractivity contribution in [2.24, 2.45) is 0 Å². The molecule has 0 saturated heterocycles. The second-order valence-electron chi connectivity index (χ2n) is 2.23. The maximum absolute atomic E-state index is 5.72. The highest BCUT2D eigenvalue weighted by atomic mass is 35.5. The van der Waals surface area contributed by atoms with Crippen LogP contribution in [0.4, 0.5) is 0 Å². The van der Waals surface area contributed by atoms with Crippen LogP contribution in [0.2, 0.25) is 5.02 Å². The van der Waals surface area contributed by atoms with Gasteiger partial charge in [0.05, 0.1) is 0 Å². The first kappa shape index (κ1) is 6.69. The molecule has 0 atom stereocenters. The molecule has 9 heavy (non-hydrogen) atoms. The predicted molar refractivity (Wildman–Crippen MR) is 44.4 cm³/mol. The van der Waals surface area contributed by atoms with Crippen LogP contribution in [0.5, 0.6) is 0 Å². The van der Waals surface area contributed by atoms with E-state index in [0.29, 0.717) is 0 Å². The molecule has 0 fully saturated rings. The standard InChI is InChI=1S/C7H8BCl/c1-5-4-6(9)2-3-7(5)8/h2-4H,8H2,1H3. The normalized spacial score (nSPS) is 9.56. The van der Waals surface area contributed by atoms with Gasteiger partial charge in [0.1, 0.15) is 7.85 Å². The lowest BCUT2D eigenvalue weighted by Gasteiger charge is -1.97. The van der Waals surface area contributed by atoms with Crippen molar-refractivity contribution < 1.29 is 0 Å². The molecule has 1 rings (SSSR count). The van der Waals surface area contributed by atoms with E-state index in [9.17, 15) is 0 Å². The van der Waals surface area contributed by atoms with Crippen molar-refractivity contribution in [2.75, 3.05) is 0 Å². The van der Waals surface area contributed by atoms with Gasteiger partial charge in [0.2, 0.25) is 0 Å². The van der Waals surface area contributed by atoms with E-state index >= 15 is 0 Å². The summed E-state index contributed by atoms with van der Waals surface area (Å²) in [7, 11) is 2.08. The number of halogens is 1. The topological polar surface area (TPSA) is 0 Å². The van der Waals surface area contributed by atoms with Gasteiger partial charge in [-0.05, 0) is 19.1 Å². The van der Waals surface area contributed by atoms with Gasteiger partial charge in [0, 0.05) is 5.02 Å². The summed E-state index contributed by atoms with van der Waals surface area (Å²) in [6, 6.07) is 5.90. The summed E-state index contributed by atoms with van der Waals surface area (Å²) >= 11 is 5.72. The SMILES string of the molecule is Bc1ccc(Cl)cc1C. The van der Waals surface area contributed by atoms with E-state index in [4.69, 9.17) is 11.6 Å². The van der Waals surface area contributed by atoms with Crippen LogP contribution in [-0.4, -0.2) is 7.85 Å². The highest BCUT2D eigenvalue weighted by molar-refractivity contribution is 6.35. The van der Waals surface area contributed by atoms with Gasteiger partial charge in [-0.1, -0.05) is 28.7 Å². The molecule has 0 heterocycles. The third-order valence-electron chi connectivity index (χ3n) is 1.47. The Morgan fingerprint density at radius 1 is 1.44 bits per heavy atom. The largest absolute Gasteiger partial charge is 0.139 e. The molecule has 0 radical (unpaired) electrons. The Balaban J connectivity index is 3.17. The van der Waals surface area contributed by atoms with Crippen LogP contribution < -0.4 is 5.46 Å². The molecule has 0 aliphatic heterocycles. The highest BCUT2D eigenvalue weighted by Crippen LogP contribution is 2.06. The summed E-state index contributed by atoms with van der Waals surface area (Å²) in [6.07, 6.45) is 0. The molecule has 0 aliphatic carbocycles. The van der Waals surface area contributed by atoms with Crippen molar-refractivity contribution in [1.29, 1.82) is 0 Å². The number of hydrogen-bond acceptors (Lipinski definition) is 0. The molecule has 0 nitrogen and oxygen atoms in total. The van der Waals surface area contributed by atoms with Crippen LogP contribution in [0, 0.1) is 6.92 Å². The molecule has 0 aliphatic rings. The minimum absolute atomic E-state index is 0.818. The molecule has 0 bridgehead atoms. The summed E-state index contributed by atoms with van der Waals surface area (Å²) in [4.78, 5) is 0. The van der Waals surface area contributed by atoms with Crippen LogP contribution in [0.1, 0.15) is 5.56 Å². The Morgan fingerprint density at radius 2 is 2.11 bits per heavy atom. The van der Waals surface area contributed by atoms with E-state index in [-0.39, 0.29) is 0 Å². The van der Waals surface area contributed by atoms with E-state index in [0.717, 1.165) is 5.02 Å². The van der Waals surface area contributed by atoms with Crippen molar-refractivity contribution in [2.45, 2.75) is 6.92 Å². The van der Waals surface area contributed by atoms with Crippen molar-refractivity contribution >= 4 is 24.9 Å². The van der Waals surface area contributed by atoms with Gasteiger partial charge in [-0.2, -0.15) is 0 Å².